The van der Waals surface area contributed by atoms with E-state index in [9.17, 15) is 5.11 Å². The van der Waals surface area contributed by atoms with Crippen molar-refractivity contribution in [1.29, 1.82) is 0 Å². The quantitative estimate of drug-likeness (QED) is 0.682. The summed E-state index contributed by atoms with van der Waals surface area (Å²) in [7, 11) is 0. The second kappa shape index (κ2) is 11.9. The molecule has 0 saturated heterocycles. The van der Waals surface area contributed by atoms with Gasteiger partial charge in [-0.2, -0.15) is 0 Å². The number of phenols is 2. The maximum absolute atomic E-state index is 9.21. The van der Waals surface area contributed by atoms with E-state index < -0.39 is 0 Å². The van der Waals surface area contributed by atoms with E-state index in [2.05, 4.69) is 20.8 Å². The number of hydrogen-bond acceptors (Lipinski definition) is 2. The first-order chi connectivity index (χ1) is 10.4. The van der Waals surface area contributed by atoms with Gasteiger partial charge in [0.15, 0.2) is 11.5 Å². The van der Waals surface area contributed by atoms with Crippen LogP contribution in [0.3, 0.4) is 0 Å². The van der Waals surface area contributed by atoms with Crippen LogP contribution >= 0.6 is 0 Å². The summed E-state index contributed by atoms with van der Waals surface area (Å²) in [6, 6.07) is 4.92. The van der Waals surface area contributed by atoms with Crippen LogP contribution in [-0.4, -0.2) is 10.2 Å². The Balaban J connectivity index is 0.000000362. The molecule has 11 radical (unpaired) electrons. The molecule has 23 heavy (non-hydrogen) atoms. The summed E-state index contributed by atoms with van der Waals surface area (Å²) >= 11 is 0. The van der Waals surface area contributed by atoms with Gasteiger partial charge in [-0.1, -0.05) is 26.8 Å². The van der Waals surface area contributed by atoms with Crippen LogP contribution in [0.4, 0.5) is 0 Å². The normalized spacial score (nSPS) is 16.5. The molecule has 0 unspecified atom stereocenters. The number of benzene rings is 1. The van der Waals surface area contributed by atoms with E-state index in [1.807, 2.05) is 70.3 Å². The zero-order valence-electron chi connectivity index (χ0n) is 13.8. The molecule has 0 atom stereocenters. The first-order valence-electron chi connectivity index (χ1n) is 7.27. The molecule has 117 valence electrons. The Kier molecular flexibility index (Phi) is 11.6. The fourth-order valence-electron chi connectivity index (χ4n) is 1.63. The molecule has 2 saturated carbocycles. The molecule has 0 aromatic heterocycles. The molecule has 0 amide bonds. The van der Waals surface area contributed by atoms with Crippen LogP contribution in [0.5, 0.6) is 11.5 Å². The fourth-order valence-corrected chi connectivity index (χ4v) is 1.63. The average Bonchev–Trinajstić information content (AvgIpc) is 3.19. The van der Waals surface area contributed by atoms with Crippen LogP contribution < -0.4 is 0 Å². The van der Waals surface area contributed by atoms with Crippen LogP contribution in [0, 0.1) is 64.2 Å². The fraction of sp³-hybridized carbons (Fsp3) is 0.200. The third-order valence-electron chi connectivity index (χ3n) is 2.95. The molecule has 2 nitrogen and oxygen atoms in total. The third-order valence-corrected chi connectivity index (χ3v) is 2.95. The smallest absolute Gasteiger partial charge is 0.504 e. The summed E-state index contributed by atoms with van der Waals surface area (Å²) in [6.45, 7) is 6.16. The second-order valence-electron chi connectivity index (χ2n) is 5.88. The molecule has 2 aliphatic carbocycles. The number of phenolic OH excluding ortho intramolecular Hbond substituents is 2. The van der Waals surface area contributed by atoms with Crippen molar-refractivity contribution >= 4 is 0 Å². The van der Waals surface area contributed by atoms with E-state index in [1.54, 1.807) is 6.07 Å². The molecule has 1 aromatic carbocycles. The van der Waals surface area contributed by atoms with Gasteiger partial charge in [0.2, 0.25) is 0 Å². The van der Waals surface area contributed by atoms with E-state index in [1.165, 1.54) is 6.07 Å². The number of hydrogen-bond donors (Lipinski definition) is 2. The van der Waals surface area contributed by atoms with Gasteiger partial charge in [-0.3, -0.25) is 0 Å². The number of rotatable bonds is 0. The molecule has 2 N–H and O–H groups in total. The van der Waals surface area contributed by atoms with Crippen LogP contribution in [0.25, 0.3) is 0 Å². The van der Waals surface area contributed by atoms with Crippen LogP contribution in [0.1, 0.15) is 26.3 Å². The summed E-state index contributed by atoms with van der Waals surface area (Å²) in [4.78, 5) is 0. The summed E-state index contributed by atoms with van der Waals surface area (Å²) in [6.07, 6.45) is 20.0. The van der Waals surface area contributed by atoms with Crippen molar-refractivity contribution < 1.29 is 28.8 Å². The van der Waals surface area contributed by atoms with Gasteiger partial charge in [0, 0.05) is 0 Å². The van der Waals surface area contributed by atoms with Crippen molar-refractivity contribution in [1.82, 2.24) is 0 Å². The molecule has 3 heteroatoms. The van der Waals surface area contributed by atoms with E-state index in [0.29, 0.717) is 0 Å². The summed E-state index contributed by atoms with van der Waals surface area (Å²) < 4.78 is 0. The molecular formula is C20H24O2V+4. The molecule has 0 spiro atoms. The van der Waals surface area contributed by atoms with E-state index >= 15 is 0 Å². The van der Waals surface area contributed by atoms with Crippen molar-refractivity contribution in [2.75, 3.05) is 0 Å². The van der Waals surface area contributed by atoms with Gasteiger partial charge >= 0.3 is 18.6 Å². The standard InChI is InChI=1S/C10H14O2.2C5H5.V/c1-10(2,3)7-4-5-8(11)9(12)6-7;2*1-2-4-5-3-1;/h4-6,11-12H,1-3H3;2*1-5H;/q;;;+4. The Labute approximate surface area is 154 Å². The monoisotopic (exact) mass is 347 g/mol. The predicted octanol–water partition coefficient (Wildman–Crippen LogP) is 4.44. The van der Waals surface area contributed by atoms with Crippen molar-refractivity contribution in [2.24, 2.45) is 0 Å². The van der Waals surface area contributed by atoms with Crippen LogP contribution in [0.2, 0.25) is 0 Å². The minimum absolute atomic E-state index is 0. The van der Waals surface area contributed by atoms with Crippen molar-refractivity contribution in [2.45, 2.75) is 26.2 Å². The average molecular weight is 347 g/mol. The molecule has 0 bridgehead atoms. The van der Waals surface area contributed by atoms with Gasteiger partial charge < -0.3 is 10.2 Å². The topological polar surface area (TPSA) is 40.5 Å². The minimum Gasteiger partial charge on any atom is -0.504 e. The van der Waals surface area contributed by atoms with Gasteiger partial charge in [-0.25, -0.2) is 0 Å². The second-order valence-corrected chi connectivity index (χ2v) is 5.88. The zero-order valence-corrected chi connectivity index (χ0v) is 15.2. The Hall–Kier alpha value is -0.596. The summed E-state index contributed by atoms with van der Waals surface area (Å²) in [5.74, 6) is -0.120. The molecule has 2 aliphatic rings. The van der Waals surface area contributed by atoms with E-state index in [0.717, 1.165) is 5.56 Å². The van der Waals surface area contributed by atoms with Crippen LogP contribution in [-0.2, 0) is 24.0 Å². The largest absolute Gasteiger partial charge is 4.00 e. The summed E-state index contributed by atoms with van der Waals surface area (Å²) in [5.41, 5.74) is 1.02. The first kappa shape index (κ1) is 22.4. The Bertz CT molecular complexity index is 391. The predicted molar refractivity (Wildman–Crippen MR) is 91.5 cm³/mol. The van der Waals surface area contributed by atoms with Gasteiger partial charge in [0.1, 0.15) is 0 Å². The maximum atomic E-state index is 9.21. The SMILES string of the molecule is CC(C)(C)c1ccc(O)c(O)c1.[CH]1[CH][CH][CH][CH]1.[CH]1[CH][CH][CH][CH]1.[V+4]. The summed E-state index contributed by atoms with van der Waals surface area (Å²) in [5, 5.41) is 18.3. The third kappa shape index (κ3) is 9.99. The van der Waals surface area contributed by atoms with Gasteiger partial charge in [-0.15, -0.1) is 0 Å². The molecule has 1 aromatic rings. The Morgan fingerprint density at radius 2 is 0.957 bits per heavy atom. The van der Waals surface area contributed by atoms with Gasteiger partial charge in [-0.05, 0) is 87.3 Å². The Morgan fingerprint density at radius 1 is 0.609 bits per heavy atom. The van der Waals surface area contributed by atoms with Crippen molar-refractivity contribution in [3.63, 3.8) is 0 Å². The van der Waals surface area contributed by atoms with E-state index in [-0.39, 0.29) is 35.5 Å². The molecule has 0 aliphatic heterocycles. The van der Waals surface area contributed by atoms with Crippen molar-refractivity contribution in [3.8, 4) is 11.5 Å². The van der Waals surface area contributed by atoms with E-state index in [4.69, 9.17) is 5.11 Å². The maximum Gasteiger partial charge on any atom is 4.00 e. The number of aromatic hydroxyl groups is 2. The zero-order chi connectivity index (χ0) is 16.4. The van der Waals surface area contributed by atoms with Crippen LogP contribution in [0.15, 0.2) is 18.2 Å². The van der Waals surface area contributed by atoms with Gasteiger partial charge in [0.25, 0.3) is 0 Å². The molecule has 3 rings (SSSR count). The molecule has 0 heterocycles. The first-order valence-corrected chi connectivity index (χ1v) is 7.27. The Morgan fingerprint density at radius 3 is 1.22 bits per heavy atom. The molecule has 2 fully saturated rings. The van der Waals surface area contributed by atoms with Crippen molar-refractivity contribution in [3.05, 3.63) is 88.0 Å². The molecular weight excluding hydrogens is 323 g/mol. The van der Waals surface area contributed by atoms with Gasteiger partial charge in [0.05, 0.1) is 0 Å². The minimum atomic E-state index is -0.0667.